The Hall–Kier alpha value is -2.62. The fourth-order valence-corrected chi connectivity index (χ4v) is 2.31. The molecule has 0 aliphatic rings. The van der Waals surface area contributed by atoms with Gasteiger partial charge in [0.15, 0.2) is 0 Å². The standard InChI is InChI=1S/C17H16N2O2/c1-21-15-8-6-13(7-9-15)10-11-19-17(20)16-5-3-2-4-14(16)12-18-19/h2-9,12H,10-11H2,1H3. The van der Waals surface area contributed by atoms with E-state index in [1.54, 1.807) is 13.3 Å². The molecule has 1 heterocycles. The third kappa shape index (κ3) is 2.79. The van der Waals surface area contributed by atoms with E-state index in [0.717, 1.165) is 23.1 Å². The van der Waals surface area contributed by atoms with Crippen LogP contribution in [0, 0.1) is 0 Å². The number of rotatable bonds is 4. The van der Waals surface area contributed by atoms with Gasteiger partial charge in [0, 0.05) is 11.9 Å². The number of aryl methyl sites for hydroxylation is 2. The zero-order valence-electron chi connectivity index (χ0n) is 11.8. The molecule has 0 spiro atoms. The predicted octanol–water partition coefficient (Wildman–Crippen LogP) is 2.65. The van der Waals surface area contributed by atoms with Crippen molar-refractivity contribution < 1.29 is 4.74 Å². The third-order valence-corrected chi connectivity index (χ3v) is 3.53. The molecule has 0 saturated heterocycles. The van der Waals surface area contributed by atoms with E-state index in [-0.39, 0.29) is 5.56 Å². The predicted molar refractivity (Wildman–Crippen MR) is 82.7 cm³/mol. The van der Waals surface area contributed by atoms with E-state index < -0.39 is 0 Å². The molecule has 0 saturated carbocycles. The number of aromatic nitrogens is 2. The van der Waals surface area contributed by atoms with Crippen molar-refractivity contribution >= 4 is 10.8 Å². The summed E-state index contributed by atoms with van der Waals surface area (Å²) in [5.41, 5.74) is 1.11. The van der Waals surface area contributed by atoms with Crippen LogP contribution in [0.15, 0.2) is 59.5 Å². The fourth-order valence-electron chi connectivity index (χ4n) is 2.31. The number of benzene rings is 2. The van der Waals surface area contributed by atoms with Crippen LogP contribution in [0.25, 0.3) is 10.8 Å². The van der Waals surface area contributed by atoms with E-state index in [1.807, 2.05) is 48.5 Å². The Morgan fingerprint density at radius 1 is 1.10 bits per heavy atom. The summed E-state index contributed by atoms with van der Waals surface area (Å²) in [6.07, 6.45) is 2.50. The van der Waals surface area contributed by atoms with Crippen LogP contribution >= 0.6 is 0 Å². The monoisotopic (exact) mass is 280 g/mol. The molecule has 21 heavy (non-hydrogen) atoms. The first kappa shape index (κ1) is 13.4. The molecule has 3 aromatic rings. The maximum Gasteiger partial charge on any atom is 0.274 e. The Morgan fingerprint density at radius 3 is 2.62 bits per heavy atom. The molecule has 0 atom stereocenters. The van der Waals surface area contributed by atoms with Crippen molar-refractivity contribution in [2.75, 3.05) is 7.11 Å². The first-order valence-corrected chi connectivity index (χ1v) is 6.86. The summed E-state index contributed by atoms with van der Waals surface area (Å²) in [5.74, 6) is 0.833. The summed E-state index contributed by atoms with van der Waals surface area (Å²) in [4.78, 5) is 12.3. The summed E-state index contributed by atoms with van der Waals surface area (Å²) in [7, 11) is 1.65. The lowest BCUT2D eigenvalue weighted by atomic mass is 10.1. The van der Waals surface area contributed by atoms with Crippen molar-refractivity contribution in [3.63, 3.8) is 0 Å². The topological polar surface area (TPSA) is 44.1 Å². The van der Waals surface area contributed by atoms with Gasteiger partial charge < -0.3 is 4.74 Å². The van der Waals surface area contributed by atoms with Crippen LogP contribution in [0.5, 0.6) is 5.75 Å². The Balaban J connectivity index is 1.81. The third-order valence-electron chi connectivity index (χ3n) is 3.53. The van der Waals surface area contributed by atoms with Crippen LogP contribution in [0.2, 0.25) is 0 Å². The Labute approximate surface area is 122 Å². The van der Waals surface area contributed by atoms with Gasteiger partial charge in [0.05, 0.1) is 18.7 Å². The SMILES string of the molecule is COc1ccc(CCn2ncc3ccccc3c2=O)cc1. The van der Waals surface area contributed by atoms with Gasteiger partial charge in [-0.05, 0) is 30.2 Å². The Bertz CT molecular complexity index is 807. The average molecular weight is 280 g/mol. The zero-order valence-corrected chi connectivity index (χ0v) is 11.8. The second-order valence-electron chi connectivity index (χ2n) is 4.86. The maximum absolute atomic E-state index is 12.3. The molecule has 0 fully saturated rings. The van der Waals surface area contributed by atoms with Gasteiger partial charge in [0.1, 0.15) is 5.75 Å². The molecule has 0 unspecified atom stereocenters. The van der Waals surface area contributed by atoms with Crippen LogP contribution in [-0.4, -0.2) is 16.9 Å². The molecule has 0 N–H and O–H groups in total. The minimum absolute atomic E-state index is 0.0402. The van der Waals surface area contributed by atoms with E-state index >= 15 is 0 Å². The smallest absolute Gasteiger partial charge is 0.274 e. The van der Waals surface area contributed by atoms with E-state index in [4.69, 9.17) is 4.74 Å². The lowest BCUT2D eigenvalue weighted by Gasteiger charge is -2.06. The Morgan fingerprint density at radius 2 is 1.86 bits per heavy atom. The Kier molecular flexibility index (Phi) is 3.69. The molecule has 1 aromatic heterocycles. The highest BCUT2D eigenvalue weighted by Gasteiger charge is 2.03. The van der Waals surface area contributed by atoms with Gasteiger partial charge in [-0.1, -0.05) is 30.3 Å². The lowest BCUT2D eigenvalue weighted by Crippen LogP contribution is -2.23. The normalized spacial score (nSPS) is 10.7. The van der Waals surface area contributed by atoms with Crippen molar-refractivity contribution in [3.05, 3.63) is 70.6 Å². The van der Waals surface area contributed by atoms with Crippen LogP contribution in [0.3, 0.4) is 0 Å². The second-order valence-corrected chi connectivity index (χ2v) is 4.86. The number of hydrogen-bond donors (Lipinski definition) is 0. The van der Waals surface area contributed by atoms with Gasteiger partial charge in [-0.25, -0.2) is 4.68 Å². The molecule has 0 aliphatic heterocycles. The first-order chi connectivity index (χ1) is 10.3. The van der Waals surface area contributed by atoms with Gasteiger partial charge >= 0.3 is 0 Å². The van der Waals surface area contributed by atoms with E-state index in [0.29, 0.717) is 11.9 Å². The largest absolute Gasteiger partial charge is 0.497 e. The maximum atomic E-state index is 12.3. The highest BCUT2D eigenvalue weighted by Crippen LogP contribution is 2.12. The lowest BCUT2D eigenvalue weighted by molar-refractivity contribution is 0.414. The van der Waals surface area contributed by atoms with Crippen LogP contribution in [0.4, 0.5) is 0 Å². The van der Waals surface area contributed by atoms with Crippen molar-refractivity contribution in [1.82, 2.24) is 9.78 Å². The van der Waals surface area contributed by atoms with Gasteiger partial charge in [-0.15, -0.1) is 0 Å². The summed E-state index contributed by atoms with van der Waals surface area (Å²) in [6, 6.07) is 15.4. The summed E-state index contributed by atoms with van der Waals surface area (Å²) in [6.45, 7) is 0.565. The van der Waals surface area contributed by atoms with Crippen molar-refractivity contribution in [2.24, 2.45) is 0 Å². The molecule has 4 nitrogen and oxygen atoms in total. The van der Waals surface area contributed by atoms with Gasteiger partial charge in [0.25, 0.3) is 5.56 Å². The van der Waals surface area contributed by atoms with Crippen molar-refractivity contribution in [2.45, 2.75) is 13.0 Å². The molecule has 0 bridgehead atoms. The number of fused-ring (bicyclic) bond motifs is 1. The molecular weight excluding hydrogens is 264 g/mol. The fraction of sp³-hybridized carbons (Fsp3) is 0.176. The molecule has 0 radical (unpaired) electrons. The number of ether oxygens (including phenoxy) is 1. The van der Waals surface area contributed by atoms with Crippen LogP contribution < -0.4 is 10.3 Å². The van der Waals surface area contributed by atoms with Crippen molar-refractivity contribution in [1.29, 1.82) is 0 Å². The molecule has 0 amide bonds. The minimum Gasteiger partial charge on any atom is -0.497 e. The van der Waals surface area contributed by atoms with Gasteiger partial charge in [-0.3, -0.25) is 4.79 Å². The number of nitrogens with zero attached hydrogens (tertiary/aromatic N) is 2. The molecular formula is C17H16N2O2. The van der Waals surface area contributed by atoms with Crippen LogP contribution in [-0.2, 0) is 13.0 Å². The second kappa shape index (κ2) is 5.79. The summed E-state index contributed by atoms with van der Waals surface area (Å²) in [5, 5.41) is 5.82. The zero-order chi connectivity index (χ0) is 14.7. The molecule has 3 rings (SSSR count). The highest BCUT2D eigenvalue weighted by molar-refractivity contribution is 5.80. The molecule has 2 aromatic carbocycles. The molecule has 4 heteroatoms. The van der Waals surface area contributed by atoms with E-state index in [1.165, 1.54) is 4.68 Å². The molecule has 0 aliphatic carbocycles. The number of methoxy groups -OCH3 is 1. The van der Waals surface area contributed by atoms with E-state index in [2.05, 4.69) is 5.10 Å². The van der Waals surface area contributed by atoms with E-state index in [9.17, 15) is 4.79 Å². The minimum atomic E-state index is -0.0402. The highest BCUT2D eigenvalue weighted by atomic mass is 16.5. The quantitative estimate of drug-likeness (QED) is 0.738. The average Bonchev–Trinajstić information content (AvgIpc) is 2.55. The summed E-state index contributed by atoms with van der Waals surface area (Å²) >= 11 is 0. The first-order valence-electron chi connectivity index (χ1n) is 6.86. The number of hydrogen-bond acceptors (Lipinski definition) is 3. The van der Waals surface area contributed by atoms with Gasteiger partial charge in [-0.2, -0.15) is 5.10 Å². The van der Waals surface area contributed by atoms with Gasteiger partial charge in [0.2, 0.25) is 0 Å². The van der Waals surface area contributed by atoms with Crippen LogP contribution in [0.1, 0.15) is 5.56 Å². The molecule has 106 valence electrons. The van der Waals surface area contributed by atoms with Crippen molar-refractivity contribution in [3.8, 4) is 5.75 Å². The summed E-state index contributed by atoms with van der Waals surface area (Å²) < 4.78 is 6.65.